The number of aromatic nitrogens is 4. The normalized spacial score (nSPS) is 13.4. The molecule has 184 valence electrons. The molecule has 35 heavy (non-hydrogen) atoms. The van der Waals surface area contributed by atoms with Crippen molar-refractivity contribution in [3.8, 4) is 5.69 Å². The van der Waals surface area contributed by atoms with Gasteiger partial charge in [0, 0.05) is 37.4 Å². The molecule has 8 nitrogen and oxygen atoms in total. The van der Waals surface area contributed by atoms with Gasteiger partial charge >= 0.3 is 12.1 Å². The van der Waals surface area contributed by atoms with E-state index in [0.29, 0.717) is 0 Å². The van der Waals surface area contributed by atoms with Crippen molar-refractivity contribution in [3.05, 3.63) is 77.9 Å². The Bertz CT molecular complexity index is 1300. The van der Waals surface area contributed by atoms with Crippen LogP contribution >= 0.6 is 0 Å². The van der Waals surface area contributed by atoms with Crippen molar-refractivity contribution in [3.63, 3.8) is 0 Å². The number of halogens is 3. The molecule has 1 aliphatic rings. The van der Waals surface area contributed by atoms with Crippen molar-refractivity contribution in [2.45, 2.75) is 32.4 Å². The van der Waals surface area contributed by atoms with Gasteiger partial charge in [-0.15, -0.1) is 0 Å². The molecule has 3 heterocycles. The zero-order chi connectivity index (χ0) is 25.0. The molecule has 4 aromatic rings. The van der Waals surface area contributed by atoms with Gasteiger partial charge in [-0.2, -0.15) is 18.3 Å². The number of imidazole rings is 1. The van der Waals surface area contributed by atoms with Gasteiger partial charge in [-0.1, -0.05) is 24.3 Å². The quantitative estimate of drug-likeness (QED) is 0.448. The average molecular weight is 486 g/mol. The highest BCUT2D eigenvalue weighted by molar-refractivity contribution is 5.77. The van der Waals surface area contributed by atoms with Gasteiger partial charge in [-0.05, 0) is 36.9 Å². The number of carboxylic acids is 1. The summed E-state index contributed by atoms with van der Waals surface area (Å²) < 4.78 is 36.0. The monoisotopic (exact) mass is 486 g/mol. The Kier molecular flexibility index (Phi) is 7.17. The first kappa shape index (κ1) is 24.4. The van der Waals surface area contributed by atoms with E-state index in [9.17, 15) is 13.2 Å². The van der Waals surface area contributed by atoms with Gasteiger partial charge in [0.1, 0.15) is 6.33 Å². The molecule has 1 aliphatic heterocycles. The highest BCUT2D eigenvalue weighted by Crippen LogP contribution is 2.19. The van der Waals surface area contributed by atoms with E-state index in [1.54, 1.807) is 0 Å². The Morgan fingerprint density at radius 2 is 1.86 bits per heavy atom. The molecular formula is C24H25F3N6O2. The molecule has 2 aromatic carbocycles. The first-order chi connectivity index (χ1) is 16.7. The second-order valence-electron chi connectivity index (χ2n) is 8.26. The molecule has 0 saturated carbocycles. The summed E-state index contributed by atoms with van der Waals surface area (Å²) in [7, 11) is 2.16. The first-order valence-electron chi connectivity index (χ1n) is 11.0. The lowest BCUT2D eigenvalue weighted by molar-refractivity contribution is -0.192. The van der Waals surface area contributed by atoms with Crippen LogP contribution in [0.5, 0.6) is 0 Å². The molecule has 2 N–H and O–H groups in total. The summed E-state index contributed by atoms with van der Waals surface area (Å²) in [4.78, 5) is 15.7. The lowest BCUT2D eigenvalue weighted by Gasteiger charge is -2.20. The van der Waals surface area contributed by atoms with Crippen LogP contribution in [0.25, 0.3) is 16.7 Å². The minimum absolute atomic E-state index is 0.906. The van der Waals surface area contributed by atoms with Gasteiger partial charge < -0.3 is 10.4 Å². The van der Waals surface area contributed by atoms with E-state index in [1.165, 1.54) is 16.8 Å². The fraction of sp³-hybridized carbons (Fsp3) is 0.292. The second-order valence-corrected chi connectivity index (χ2v) is 8.26. The standard InChI is InChI=1S/C22H24N6.C2HF3O2/c1-26(15-18-12-25-28-11-10-23-13-22(18)28)14-17-6-8-19(9-7-17)27-16-24-20-4-2-3-5-21(20)27;3-2(4,5)1(6)7/h2-9,12,16,23H,10-11,13-15H2,1H3;(H,6,7). The van der Waals surface area contributed by atoms with E-state index >= 15 is 0 Å². The maximum Gasteiger partial charge on any atom is 0.490 e. The number of aliphatic carboxylic acids is 1. The molecule has 0 aliphatic carbocycles. The molecule has 0 saturated heterocycles. The third-order valence-corrected chi connectivity index (χ3v) is 5.63. The fourth-order valence-corrected chi connectivity index (χ4v) is 3.96. The zero-order valence-electron chi connectivity index (χ0n) is 19.0. The van der Waals surface area contributed by atoms with Crippen LogP contribution in [0.3, 0.4) is 0 Å². The summed E-state index contributed by atoms with van der Waals surface area (Å²) in [6.07, 6.45) is -1.17. The highest BCUT2D eigenvalue weighted by atomic mass is 19.4. The van der Waals surface area contributed by atoms with Crippen molar-refractivity contribution in [1.29, 1.82) is 0 Å². The lowest BCUT2D eigenvalue weighted by Crippen LogP contribution is -2.29. The van der Waals surface area contributed by atoms with Crippen LogP contribution in [0.4, 0.5) is 13.2 Å². The Morgan fingerprint density at radius 1 is 1.14 bits per heavy atom. The number of alkyl halides is 3. The summed E-state index contributed by atoms with van der Waals surface area (Å²) >= 11 is 0. The summed E-state index contributed by atoms with van der Waals surface area (Å²) in [5.41, 5.74) is 7.22. The molecule has 11 heteroatoms. The van der Waals surface area contributed by atoms with Crippen LogP contribution in [0.15, 0.2) is 61.1 Å². The van der Waals surface area contributed by atoms with E-state index in [2.05, 4.69) is 73.0 Å². The van der Waals surface area contributed by atoms with Gasteiger partial charge in [-0.3, -0.25) is 14.1 Å². The lowest BCUT2D eigenvalue weighted by atomic mass is 10.1. The number of fused-ring (bicyclic) bond motifs is 2. The maximum atomic E-state index is 10.6. The second kappa shape index (κ2) is 10.3. The zero-order valence-corrected chi connectivity index (χ0v) is 19.0. The number of benzene rings is 2. The molecule has 0 fully saturated rings. The Morgan fingerprint density at radius 3 is 2.57 bits per heavy atom. The van der Waals surface area contributed by atoms with Crippen LogP contribution in [-0.4, -0.2) is 55.1 Å². The smallest absolute Gasteiger partial charge is 0.475 e. The van der Waals surface area contributed by atoms with Crippen molar-refractivity contribution >= 4 is 17.0 Å². The Hall–Kier alpha value is -3.70. The number of para-hydroxylation sites is 2. The molecule has 0 amide bonds. The fourth-order valence-electron chi connectivity index (χ4n) is 3.96. The summed E-state index contributed by atoms with van der Waals surface area (Å²) in [5, 5.41) is 15.1. The van der Waals surface area contributed by atoms with Crippen LogP contribution in [-0.2, 0) is 31.0 Å². The van der Waals surface area contributed by atoms with Crippen LogP contribution < -0.4 is 5.32 Å². The van der Waals surface area contributed by atoms with Crippen molar-refractivity contribution < 1.29 is 23.1 Å². The summed E-state index contributed by atoms with van der Waals surface area (Å²) in [5.74, 6) is -2.76. The highest BCUT2D eigenvalue weighted by Gasteiger charge is 2.38. The average Bonchev–Trinajstić information content (AvgIpc) is 3.44. The van der Waals surface area contributed by atoms with Gasteiger partial charge in [0.05, 0.1) is 29.5 Å². The molecule has 0 unspecified atom stereocenters. The molecule has 0 bridgehead atoms. The van der Waals surface area contributed by atoms with Gasteiger partial charge in [-0.25, -0.2) is 9.78 Å². The van der Waals surface area contributed by atoms with Gasteiger partial charge in [0.25, 0.3) is 0 Å². The van der Waals surface area contributed by atoms with Crippen molar-refractivity contribution in [2.24, 2.45) is 0 Å². The Labute approximate surface area is 199 Å². The largest absolute Gasteiger partial charge is 0.490 e. The van der Waals surface area contributed by atoms with Gasteiger partial charge in [0.15, 0.2) is 0 Å². The summed E-state index contributed by atoms with van der Waals surface area (Å²) in [6, 6.07) is 17.0. The van der Waals surface area contributed by atoms with E-state index in [-0.39, 0.29) is 0 Å². The van der Waals surface area contributed by atoms with Gasteiger partial charge in [0.2, 0.25) is 0 Å². The van der Waals surface area contributed by atoms with E-state index in [1.807, 2.05) is 24.7 Å². The minimum atomic E-state index is -5.08. The number of hydrogen-bond acceptors (Lipinski definition) is 5. The summed E-state index contributed by atoms with van der Waals surface area (Å²) in [6.45, 7) is 4.69. The molecule has 0 atom stereocenters. The third-order valence-electron chi connectivity index (χ3n) is 5.63. The number of carboxylic acid groups (broad SMARTS) is 1. The maximum absolute atomic E-state index is 10.6. The number of carbonyl (C=O) groups is 1. The molecule has 2 aromatic heterocycles. The van der Waals surface area contributed by atoms with E-state index in [4.69, 9.17) is 9.90 Å². The minimum Gasteiger partial charge on any atom is -0.475 e. The predicted molar refractivity (Wildman–Crippen MR) is 124 cm³/mol. The van der Waals surface area contributed by atoms with Crippen molar-refractivity contribution in [2.75, 3.05) is 13.6 Å². The van der Waals surface area contributed by atoms with Crippen molar-refractivity contribution in [1.82, 2.24) is 29.5 Å². The van der Waals surface area contributed by atoms with E-state index < -0.39 is 12.1 Å². The Balaban J connectivity index is 0.000000364. The van der Waals surface area contributed by atoms with Crippen LogP contribution in [0.1, 0.15) is 16.8 Å². The molecule has 0 spiro atoms. The van der Waals surface area contributed by atoms with Crippen LogP contribution in [0, 0.1) is 0 Å². The van der Waals surface area contributed by atoms with Crippen LogP contribution in [0.2, 0.25) is 0 Å². The number of hydrogen-bond donors (Lipinski definition) is 2. The van der Waals surface area contributed by atoms with E-state index in [0.717, 1.165) is 49.4 Å². The number of nitrogens with one attached hydrogen (secondary N) is 1. The number of rotatable bonds is 5. The molecule has 5 rings (SSSR count). The third kappa shape index (κ3) is 5.87. The molecule has 0 radical (unpaired) electrons. The first-order valence-corrected chi connectivity index (χ1v) is 11.0. The number of nitrogens with zero attached hydrogens (tertiary/aromatic N) is 5. The SMILES string of the molecule is CN(Cc1ccc(-n2cnc3ccccc32)cc1)Cc1cnn2c1CNCC2.O=C(O)C(F)(F)F. The predicted octanol–water partition coefficient (Wildman–Crippen LogP) is 3.59. The molecular weight excluding hydrogens is 461 g/mol. The topological polar surface area (TPSA) is 88.2 Å².